The van der Waals surface area contributed by atoms with Gasteiger partial charge in [-0.3, -0.25) is 4.79 Å². The molecule has 2 aromatic rings. The fourth-order valence-corrected chi connectivity index (χ4v) is 2.35. The van der Waals surface area contributed by atoms with Crippen molar-refractivity contribution in [1.29, 1.82) is 0 Å². The Morgan fingerprint density at radius 2 is 1.87 bits per heavy atom. The number of carbonyl (C=O) groups is 1. The van der Waals surface area contributed by atoms with Crippen molar-refractivity contribution in [2.45, 2.75) is 25.3 Å². The lowest BCUT2D eigenvalue weighted by Gasteiger charge is -2.21. The zero-order valence-corrected chi connectivity index (χ0v) is 13.3. The molecule has 6 heteroatoms. The normalized spacial score (nSPS) is 12.3. The minimum absolute atomic E-state index is 0. The third-order valence-electron chi connectivity index (χ3n) is 3.56. The van der Waals surface area contributed by atoms with Crippen molar-refractivity contribution in [3.63, 3.8) is 0 Å². The van der Waals surface area contributed by atoms with Gasteiger partial charge >= 0.3 is 5.97 Å². The number of carboxylic acids is 1. The number of aliphatic carboxylic acids is 1. The molecule has 0 aliphatic heterocycles. The Balaban J connectivity index is 0.00000264. The predicted octanol–water partition coefficient (Wildman–Crippen LogP) is 4.03. The lowest BCUT2D eigenvalue weighted by atomic mass is 9.93. The summed E-state index contributed by atoms with van der Waals surface area (Å²) in [6, 6.07) is 11.1. The zero-order chi connectivity index (χ0) is 16.3. The van der Waals surface area contributed by atoms with Crippen molar-refractivity contribution in [3.8, 4) is 0 Å². The standard InChI is InChI=1S/C17H17F2NO2.ClH/c1-11-5-2-3-8-14(11)17(18,19)13-7-4-6-12(9-13)15(20)10-16(21)22;/h2-9,15H,10,20H2,1H3,(H,21,22);1H. The summed E-state index contributed by atoms with van der Waals surface area (Å²) in [5, 5.41) is 8.76. The lowest BCUT2D eigenvalue weighted by Crippen LogP contribution is -2.19. The Labute approximate surface area is 139 Å². The van der Waals surface area contributed by atoms with Crippen LogP contribution in [0.15, 0.2) is 48.5 Å². The quantitative estimate of drug-likeness (QED) is 0.863. The third-order valence-corrected chi connectivity index (χ3v) is 3.56. The van der Waals surface area contributed by atoms with Gasteiger partial charge in [-0.15, -0.1) is 12.4 Å². The van der Waals surface area contributed by atoms with Gasteiger partial charge in [-0.2, -0.15) is 8.78 Å². The smallest absolute Gasteiger partial charge is 0.305 e. The summed E-state index contributed by atoms with van der Waals surface area (Å²) in [5.74, 6) is -4.23. The van der Waals surface area contributed by atoms with Gasteiger partial charge in [0.05, 0.1) is 6.42 Å². The number of benzene rings is 2. The number of aryl methyl sites for hydroxylation is 1. The van der Waals surface area contributed by atoms with Crippen molar-refractivity contribution < 1.29 is 18.7 Å². The Hall–Kier alpha value is -1.98. The molecule has 0 saturated heterocycles. The molecule has 0 aliphatic carbocycles. The van der Waals surface area contributed by atoms with E-state index < -0.39 is 17.9 Å². The summed E-state index contributed by atoms with van der Waals surface area (Å²) in [7, 11) is 0. The van der Waals surface area contributed by atoms with Crippen molar-refractivity contribution in [2.75, 3.05) is 0 Å². The number of hydrogen-bond donors (Lipinski definition) is 2. The van der Waals surface area contributed by atoms with Gasteiger partial charge in [0, 0.05) is 17.2 Å². The van der Waals surface area contributed by atoms with Gasteiger partial charge in [0.15, 0.2) is 0 Å². The lowest BCUT2D eigenvalue weighted by molar-refractivity contribution is -0.137. The molecule has 23 heavy (non-hydrogen) atoms. The number of alkyl halides is 2. The molecule has 3 nitrogen and oxygen atoms in total. The fourth-order valence-electron chi connectivity index (χ4n) is 2.35. The van der Waals surface area contributed by atoms with Crippen LogP contribution in [0.5, 0.6) is 0 Å². The van der Waals surface area contributed by atoms with Crippen LogP contribution in [0.3, 0.4) is 0 Å². The molecule has 0 aliphatic rings. The Morgan fingerprint density at radius 3 is 2.48 bits per heavy atom. The highest BCUT2D eigenvalue weighted by Crippen LogP contribution is 2.38. The van der Waals surface area contributed by atoms with Gasteiger partial charge < -0.3 is 10.8 Å². The molecule has 2 rings (SSSR count). The number of hydrogen-bond acceptors (Lipinski definition) is 2. The van der Waals surface area contributed by atoms with Crippen LogP contribution in [-0.4, -0.2) is 11.1 Å². The van der Waals surface area contributed by atoms with E-state index in [-0.39, 0.29) is 30.0 Å². The number of nitrogens with two attached hydrogens (primary N) is 1. The fraction of sp³-hybridized carbons (Fsp3) is 0.235. The molecule has 0 spiro atoms. The highest BCUT2D eigenvalue weighted by Gasteiger charge is 2.35. The SMILES string of the molecule is Cc1ccccc1C(F)(F)c1cccc(C(N)CC(=O)O)c1.Cl. The molecule has 1 atom stereocenters. The second-order valence-corrected chi connectivity index (χ2v) is 5.22. The molecule has 3 N–H and O–H groups in total. The minimum Gasteiger partial charge on any atom is -0.481 e. The van der Waals surface area contributed by atoms with Gasteiger partial charge in [-0.25, -0.2) is 0 Å². The van der Waals surface area contributed by atoms with Gasteiger partial charge in [-0.1, -0.05) is 42.5 Å². The van der Waals surface area contributed by atoms with Crippen LogP contribution >= 0.6 is 12.4 Å². The summed E-state index contributed by atoms with van der Waals surface area (Å²) >= 11 is 0. The molecule has 0 heterocycles. The molecule has 0 amide bonds. The molecule has 124 valence electrons. The number of rotatable bonds is 5. The van der Waals surface area contributed by atoms with Gasteiger partial charge in [0.25, 0.3) is 5.92 Å². The highest BCUT2D eigenvalue weighted by molar-refractivity contribution is 5.85. The van der Waals surface area contributed by atoms with Crippen molar-refractivity contribution >= 4 is 18.4 Å². The van der Waals surface area contributed by atoms with E-state index in [0.717, 1.165) is 0 Å². The number of halogens is 3. The van der Waals surface area contributed by atoms with Crippen LogP contribution in [0.2, 0.25) is 0 Å². The maximum atomic E-state index is 14.7. The van der Waals surface area contributed by atoms with E-state index in [1.54, 1.807) is 31.2 Å². The van der Waals surface area contributed by atoms with Gasteiger partial charge in [-0.05, 0) is 24.1 Å². The van der Waals surface area contributed by atoms with E-state index in [1.165, 1.54) is 24.3 Å². The second kappa shape index (κ2) is 7.53. The highest BCUT2D eigenvalue weighted by atomic mass is 35.5. The van der Waals surface area contributed by atoms with Crippen molar-refractivity contribution in [3.05, 3.63) is 70.8 Å². The average Bonchev–Trinajstić information content (AvgIpc) is 2.47. The van der Waals surface area contributed by atoms with Crippen LogP contribution in [-0.2, 0) is 10.7 Å². The monoisotopic (exact) mass is 341 g/mol. The van der Waals surface area contributed by atoms with Crippen LogP contribution < -0.4 is 5.73 Å². The Morgan fingerprint density at radius 1 is 1.22 bits per heavy atom. The van der Waals surface area contributed by atoms with Gasteiger partial charge in [0.1, 0.15) is 0 Å². The molecule has 1 unspecified atom stereocenters. The van der Waals surface area contributed by atoms with Crippen LogP contribution in [0.1, 0.15) is 34.7 Å². The maximum Gasteiger partial charge on any atom is 0.305 e. The minimum atomic E-state index is -3.16. The van der Waals surface area contributed by atoms with Crippen LogP contribution in [0.4, 0.5) is 8.78 Å². The second-order valence-electron chi connectivity index (χ2n) is 5.22. The number of carboxylic acid groups (broad SMARTS) is 1. The molecule has 0 bridgehead atoms. The molecular formula is C17H18ClF2NO2. The van der Waals surface area contributed by atoms with Crippen molar-refractivity contribution in [1.82, 2.24) is 0 Å². The van der Waals surface area contributed by atoms with E-state index in [4.69, 9.17) is 10.8 Å². The first-order valence-corrected chi connectivity index (χ1v) is 6.84. The Bertz CT molecular complexity index is 692. The first-order valence-electron chi connectivity index (χ1n) is 6.84. The molecule has 0 saturated carbocycles. The largest absolute Gasteiger partial charge is 0.481 e. The molecule has 2 aromatic carbocycles. The summed E-state index contributed by atoms with van der Waals surface area (Å²) in [5.41, 5.74) is 6.36. The maximum absolute atomic E-state index is 14.7. The molecule has 0 radical (unpaired) electrons. The molecule has 0 aromatic heterocycles. The predicted molar refractivity (Wildman–Crippen MR) is 87.0 cm³/mol. The topological polar surface area (TPSA) is 63.3 Å². The van der Waals surface area contributed by atoms with E-state index >= 15 is 0 Å². The average molecular weight is 342 g/mol. The van der Waals surface area contributed by atoms with Crippen molar-refractivity contribution in [2.24, 2.45) is 5.73 Å². The summed E-state index contributed by atoms with van der Waals surface area (Å²) in [4.78, 5) is 10.7. The zero-order valence-electron chi connectivity index (χ0n) is 12.5. The van der Waals surface area contributed by atoms with Gasteiger partial charge in [0.2, 0.25) is 0 Å². The third kappa shape index (κ3) is 4.27. The Kier molecular flexibility index (Phi) is 6.24. The van der Waals surface area contributed by atoms with Crippen LogP contribution in [0.25, 0.3) is 0 Å². The van der Waals surface area contributed by atoms with Crippen LogP contribution in [0, 0.1) is 6.92 Å². The molecule has 0 fully saturated rings. The summed E-state index contributed by atoms with van der Waals surface area (Å²) in [6.45, 7) is 1.63. The van der Waals surface area contributed by atoms with E-state index in [2.05, 4.69) is 0 Å². The molecular weight excluding hydrogens is 324 g/mol. The first kappa shape index (κ1) is 19.1. The van der Waals surface area contributed by atoms with E-state index in [0.29, 0.717) is 11.1 Å². The van der Waals surface area contributed by atoms with E-state index in [9.17, 15) is 13.6 Å². The summed E-state index contributed by atoms with van der Waals surface area (Å²) < 4.78 is 29.4. The van der Waals surface area contributed by atoms with E-state index in [1.807, 2.05) is 0 Å². The first-order chi connectivity index (χ1) is 10.3. The summed E-state index contributed by atoms with van der Waals surface area (Å²) in [6.07, 6.45) is -0.306.